The van der Waals surface area contributed by atoms with Gasteiger partial charge in [-0.05, 0) is 55.2 Å². The molecule has 0 saturated heterocycles. The average molecular weight is 262 g/mol. The van der Waals surface area contributed by atoms with E-state index in [9.17, 15) is 9.18 Å². The van der Waals surface area contributed by atoms with Crippen LogP contribution in [0.25, 0.3) is 0 Å². The highest BCUT2D eigenvalue weighted by molar-refractivity contribution is 5.96. The summed E-state index contributed by atoms with van der Waals surface area (Å²) in [4.78, 5) is 12.2. The third-order valence-corrected chi connectivity index (χ3v) is 4.81. The fourth-order valence-electron chi connectivity index (χ4n) is 3.82. The van der Waals surface area contributed by atoms with Crippen molar-refractivity contribution in [2.45, 2.75) is 32.1 Å². The van der Waals surface area contributed by atoms with Gasteiger partial charge in [0.25, 0.3) is 0 Å². The molecule has 102 valence electrons. The maximum absolute atomic E-state index is 13.6. The molecule has 0 radical (unpaired) electrons. The fourth-order valence-corrected chi connectivity index (χ4v) is 3.82. The molecule has 2 aliphatic rings. The Hall–Kier alpha value is -1.38. The van der Waals surface area contributed by atoms with E-state index in [1.165, 1.54) is 44.9 Å². The highest BCUT2D eigenvalue weighted by Crippen LogP contribution is 2.49. The Morgan fingerprint density at radius 2 is 2.21 bits per heavy atom. The molecule has 0 spiro atoms. The summed E-state index contributed by atoms with van der Waals surface area (Å²) in [6.07, 6.45) is 5.68. The number of benzene rings is 1. The first-order chi connectivity index (χ1) is 9.17. The van der Waals surface area contributed by atoms with Crippen LogP contribution in [0.3, 0.4) is 0 Å². The van der Waals surface area contributed by atoms with Crippen LogP contribution >= 0.6 is 0 Å². The van der Waals surface area contributed by atoms with Crippen LogP contribution in [-0.4, -0.2) is 12.9 Å². The van der Waals surface area contributed by atoms with Crippen molar-refractivity contribution < 1.29 is 13.9 Å². The molecule has 19 heavy (non-hydrogen) atoms. The van der Waals surface area contributed by atoms with Crippen LogP contribution in [-0.2, 0) is 0 Å². The van der Waals surface area contributed by atoms with Crippen molar-refractivity contribution in [2.24, 2.45) is 17.8 Å². The van der Waals surface area contributed by atoms with E-state index in [1.54, 1.807) is 6.07 Å². The van der Waals surface area contributed by atoms with E-state index in [0.717, 1.165) is 11.8 Å². The minimum absolute atomic E-state index is 0.0686. The molecule has 3 heteroatoms. The first kappa shape index (κ1) is 12.6. The lowest BCUT2D eigenvalue weighted by molar-refractivity contribution is 0.0944. The number of Topliss-reactive ketones (excluding diaryl/α,β-unsaturated/α-hetero) is 1. The summed E-state index contributed by atoms with van der Waals surface area (Å²) in [7, 11) is 1.43. The number of ether oxygens (including phenoxy) is 1. The van der Waals surface area contributed by atoms with Gasteiger partial charge in [-0.1, -0.05) is 6.42 Å². The second-order valence-electron chi connectivity index (χ2n) is 5.91. The van der Waals surface area contributed by atoms with Crippen LogP contribution in [0.5, 0.6) is 5.75 Å². The summed E-state index contributed by atoms with van der Waals surface area (Å²) >= 11 is 0. The Labute approximate surface area is 113 Å². The number of rotatable bonds is 4. The van der Waals surface area contributed by atoms with E-state index in [1.807, 2.05) is 0 Å². The minimum atomic E-state index is -0.457. The largest absolute Gasteiger partial charge is 0.494 e. The molecule has 0 amide bonds. The number of carbonyl (C=O) groups excluding carboxylic acids is 1. The van der Waals surface area contributed by atoms with Gasteiger partial charge in [0.1, 0.15) is 0 Å². The molecule has 3 rings (SSSR count). The molecule has 0 heterocycles. The van der Waals surface area contributed by atoms with Gasteiger partial charge in [-0.25, -0.2) is 4.39 Å². The van der Waals surface area contributed by atoms with Gasteiger partial charge < -0.3 is 4.74 Å². The molecule has 2 fully saturated rings. The van der Waals surface area contributed by atoms with Gasteiger partial charge in [0, 0.05) is 12.0 Å². The molecule has 0 aromatic heterocycles. The predicted molar refractivity (Wildman–Crippen MR) is 70.8 cm³/mol. The first-order valence-corrected chi connectivity index (χ1v) is 7.04. The maximum Gasteiger partial charge on any atom is 0.165 e. The number of carbonyl (C=O) groups is 1. The van der Waals surface area contributed by atoms with Crippen LogP contribution in [0.1, 0.15) is 42.5 Å². The van der Waals surface area contributed by atoms with Crippen molar-refractivity contribution in [1.29, 1.82) is 0 Å². The van der Waals surface area contributed by atoms with Crippen molar-refractivity contribution in [1.82, 2.24) is 0 Å². The highest BCUT2D eigenvalue weighted by atomic mass is 19.1. The zero-order chi connectivity index (χ0) is 13.4. The smallest absolute Gasteiger partial charge is 0.165 e. The van der Waals surface area contributed by atoms with E-state index in [2.05, 4.69) is 0 Å². The van der Waals surface area contributed by atoms with Gasteiger partial charge in [-0.15, -0.1) is 0 Å². The third kappa shape index (κ3) is 2.38. The Kier molecular flexibility index (Phi) is 3.29. The normalized spacial score (nSPS) is 28.6. The standard InChI is InChI=1S/C16H19FO2/c1-19-16-5-4-12(8-14(16)17)15(18)9-13-7-10-2-3-11(13)6-10/h4-5,8,10-11,13H,2-3,6-7,9H2,1H3. The second-order valence-corrected chi connectivity index (χ2v) is 5.91. The van der Waals surface area contributed by atoms with Crippen molar-refractivity contribution in [2.75, 3.05) is 7.11 Å². The Balaban J connectivity index is 1.69. The molecule has 3 unspecified atom stereocenters. The van der Waals surface area contributed by atoms with E-state index < -0.39 is 5.82 Å². The predicted octanol–water partition coefficient (Wildman–Crippen LogP) is 3.84. The van der Waals surface area contributed by atoms with Crippen molar-refractivity contribution in [3.63, 3.8) is 0 Å². The molecule has 2 bridgehead atoms. The van der Waals surface area contributed by atoms with Crippen LogP contribution in [0.4, 0.5) is 4.39 Å². The summed E-state index contributed by atoms with van der Waals surface area (Å²) in [5.74, 6) is 1.90. The lowest BCUT2D eigenvalue weighted by atomic mass is 9.84. The summed E-state index contributed by atoms with van der Waals surface area (Å²) in [6, 6.07) is 4.50. The number of methoxy groups -OCH3 is 1. The average Bonchev–Trinajstić information content (AvgIpc) is 3.00. The van der Waals surface area contributed by atoms with Crippen molar-refractivity contribution >= 4 is 5.78 Å². The van der Waals surface area contributed by atoms with Crippen molar-refractivity contribution in [3.05, 3.63) is 29.6 Å². The topological polar surface area (TPSA) is 26.3 Å². The quantitative estimate of drug-likeness (QED) is 0.770. The van der Waals surface area contributed by atoms with E-state index >= 15 is 0 Å². The fraction of sp³-hybridized carbons (Fsp3) is 0.562. The molecule has 0 aliphatic heterocycles. The molecule has 1 aromatic carbocycles. The third-order valence-electron chi connectivity index (χ3n) is 4.81. The van der Waals surface area contributed by atoms with Crippen LogP contribution in [0.15, 0.2) is 18.2 Å². The monoisotopic (exact) mass is 262 g/mol. The van der Waals surface area contributed by atoms with Gasteiger partial charge in [-0.2, -0.15) is 0 Å². The SMILES string of the molecule is COc1ccc(C(=O)CC2CC3CCC2C3)cc1F. The summed E-state index contributed by atoms with van der Waals surface area (Å²) in [5.41, 5.74) is 0.473. The maximum atomic E-state index is 13.6. The lowest BCUT2D eigenvalue weighted by Gasteiger charge is -2.20. The van der Waals surface area contributed by atoms with Crippen LogP contribution in [0.2, 0.25) is 0 Å². The molecule has 3 atom stereocenters. The number of fused-ring (bicyclic) bond motifs is 2. The second kappa shape index (κ2) is 4.95. The first-order valence-electron chi connectivity index (χ1n) is 7.04. The van der Waals surface area contributed by atoms with Crippen LogP contribution < -0.4 is 4.74 Å². The molecule has 2 nitrogen and oxygen atoms in total. The summed E-state index contributed by atoms with van der Waals surface area (Å²) in [6.45, 7) is 0. The van der Waals surface area contributed by atoms with Crippen LogP contribution in [0, 0.1) is 23.6 Å². The molecular formula is C16H19FO2. The minimum Gasteiger partial charge on any atom is -0.494 e. The van der Waals surface area contributed by atoms with E-state index in [-0.39, 0.29) is 11.5 Å². The Morgan fingerprint density at radius 3 is 2.79 bits per heavy atom. The molecule has 1 aromatic rings. The number of hydrogen-bond donors (Lipinski definition) is 0. The van der Waals surface area contributed by atoms with Gasteiger partial charge in [-0.3, -0.25) is 4.79 Å². The Morgan fingerprint density at radius 1 is 1.37 bits per heavy atom. The van der Waals surface area contributed by atoms with E-state index in [4.69, 9.17) is 4.74 Å². The lowest BCUT2D eigenvalue weighted by Crippen LogP contribution is -2.15. The summed E-state index contributed by atoms with van der Waals surface area (Å²) < 4.78 is 18.5. The number of halogens is 1. The number of hydrogen-bond acceptors (Lipinski definition) is 2. The summed E-state index contributed by atoms with van der Waals surface area (Å²) in [5, 5.41) is 0. The van der Waals surface area contributed by atoms with Gasteiger partial charge in [0.05, 0.1) is 7.11 Å². The number of ketones is 1. The molecule has 2 saturated carbocycles. The van der Waals surface area contributed by atoms with Gasteiger partial charge in [0.15, 0.2) is 17.3 Å². The van der Waals surface area contributed by atoms with Crippen molar-refractivity contribution in [3.8, 4) is 5.75 Å². The Bertz CT molecular complexity index is 498. The molecule has 2 aliphatic carbocycles. The molecule has 0 N–H and O–H groups in total. The molecular weight excluding hydrogens is 243 g/mol. The van der Waals surface area contributed by atoms with E-state index in [0.29, 0.717) is 17.9 Å². The van der Waals surface area contributed by atoms with Gasteiger partial charge in [0.2, 0.25) is 0 Å². The van der Waals surface area contributed by atoms with Gasteiger partial charge >= 0.3 is 0 Å². The zero-order valence-corrected chi connectivity index (χ0v) is 11.2. The highest BCUT2D eigenvalue weighted by Gasteiger charge is 2.40. The zero-order valence-electron chi connectivity index (χ0n) is 11.2.